The normalized spacial score (nSPS) is 14.8. The number of rotatable bonds is 9. The van der Waals surface area contributed by atoms with Crippen LogP contribution in [0.25, 0.3) is 11.4 Å². The van der Waals surface area contributed by atoms with Gasteiger partial charge in [0.1, 0.15) is 0 Å². The van der Waals surface area contributed by atoms with Crippen molar-refractivity contribution < 1.29 is 9.53 Å². The van der Waals surface area contributed by atoms with Gasteiger partial charge >= 0.3 is 0 Å². The maximum atomic E-state index is 12.1. The Morgan fingerprint density at radius 2 is 2.07 bits per heavy atom. The van der Waals surface area contributed by atoms with E-state index in [0.717, 1.165) is 44.2 Å². The van der Waals surface area contributed by atoms with Crippen molar-refractivity contribution in [2.75, 3.05) is 45.1 Å². The number of nitrogens with one attached hydrogen (secondary N) is 1. The first kappa shape index (κ1) is 19.5. The molecular formula is C18H24N6O2S. The van der Waals surface area contributed by atoms with E-state index in [2.05, 4.69) is 32.0 Å². The number of hydrogen-bond acceptors (Lipinski definition) is 7. The summed E-state index contributed by atoms with van der Waals surface area (Å²) in [6.07, 6.45) is 5.23. The first-order valence-corrected chi connectivity index (χ1v) is 9.90. The van der Waals surface area contributed by atoms with E-state index >= 15 is 0 Å². The maximum absolute atomic E-state index is 12.1. The van der Waals surface area contributed by atoms with Gasteiger partial charge in [-0.2, -0.15) is 0 Å². The Hall–Kier alpha value is -2.23. The third-order valence-corrected chi connectivity index (χ3v) is 5.12. The minimum Gasteiger partial charge on any atom is -0.379 e. The average Bonchev–Trinajstić information content (AvgIpc) is 3.11. The fraction of sp³-hybridized carbons (Fsp3) is 0.444. The van der Waals surface area contributed by atoms with Crippen molar-refractivity contribution in [1.29, 1.82) is 0 Å². The Bertz CT molecular complexity index is 746. The fourth-order valence-corrected chi connectivity index (χ4v) is 3.54. The molecule has 144 valence electrons. The summed E-state index contributed by atoms with van der Waals surface area (Å²) in [5.41, 5.74) is 0.932. The lowest BCUT2D eigenvalue weighted by Crippen LogP contribution is -2.41. The van der Waals surface area contributed by atoms with Gasteiger partial charge in [-0.1, -0.05) is 17.8 Å². The molecule has 0 unspecified atom stereocenters. The molecule has 1 amide bonds. The Morgan fingerprint density at radius 1 is 1.30 bits per heavy atom. The van der Waals surface area contributed by atoms with Gasteiger partial charge in [0.05, 0.1) is 19.0 Å². The number of thioether (sulfide) groups is 1. The second kappa shape index (κ2) is 10.2. The van der Waals surface area contributed by atoms with Crippen LogP contribution in [0.4, 0.5) is 0 Å². The monoisotopic (exact) mass is 388 g/mol. The van der Waals surface area contributed by atoms with Crippen molar-refractivity contribution in [2.24, 2.45) is 0 Å². The van der Waals surface area contributed by atoms with Gasteiger partial charge in [-0.05, 0) is 12.1 Å². The highest BCUT2D eigenvalue weighted by Gasteiger charge is 2.15. The minimum atomic E-state index is -0.00752. The van der Waals surface area contributed by atoms with Crippen LogP contribution in [0.15, 0.2) is 42.3 Å². The fourth-order valence-electron chi connectivity index (χ4n) is 2.76. The molecule has 8 nitrogen and oxygen atoms in total. The minimum absolute atomic E-state index is 0.00752. The molecule has 3 heterocycles. The third kappa shape index (κ3) is 5.62. The third-order valence-electron chi connectivity index (χ3n) is 4.15. The summed E-state index contributed by atoms with van der Waals surface area (Å²) in [6.45, 7) is 9.24. The number of pyridine rings is 1. The molecule has 1 saturated heterocycles. The van der Waals surface area contributed by atoms with Crippen molar-refractivity contribution in [3.63, 3.8) is 0 Å². The summed E-state index contributed by atoms with van der Waals surface area (Å²) < 4.78 is 7.27. The van der Waals surface area contributed by atoms with E-state index in [1.54, 1.807) is 18.5 Å². The lowest BCUT2D eigenvalue weighted by molar-refractivity contribution is -0.118. The second-order valence-corrected chi connectivity index (χ2v) is 6.98. The zero-order chi connectivity index (χ0) is 18.9. The van der Waals surface area contributed by atoms with Crippen LogP contribution in [0.1, 0.15) is 0 Å². The first-order valence-electron chi connectivity index (χ1n) is 8.92. The molecule has 0 bridgehead atoms. The van der Waals surface area contributed by atoms with Crippen LogP contribution in [-0.2, 0) is 16.1 Å². The van der Waals surface area contributed by atoms with E-state index < -0.39 is 0 Å². The van der Waals surface area contributed by atoms with Crippen LogP contribution in [0.3, 0.4) is 0 Å². The molecule has 9 heteroatoms. The predicted molar refractivity (Wildman–Crippen MR) is 104 cm³/mol. The summed E-state index contributed by atoms with van der Waals surface area (Å²) in [4.78, 5) is 18.5. The number of aromatic nitrogens is 4. The molecule has 0 aliphatic carbocycles. The molecule has 3 rings (SSSR count). The summed E-state index contributed by atoms with van der Waals surface area (Å²) in [5, 5.41) is 12.2. The topological polar surface area (TPSA) is 85.2 Å². The van der Waals surface area contributed by atoms with Gasteiger partial charge in [0.25, 0.3) is 0 Å². The predicted octanol–water partition coefficient (Wildman–Crippen LogP) is 1.07. The zero-order valence-corrected chi connectivity index (χ0v) is 16.0. The van der Waals surface area contributed by atoms with Crippen molar-refractivity contribution in [1.82, 2.24) is 30.0 Å². The molecule has 0 saturated carbocycles. The van der Waals surface area contributed by atoms with Crippen molar-refractivity contribution in [2.45, 2.75) is 11.7 Å². The Morgan fingerprint density at radius 3 is 2.81 bits per heavy atom. The highest BCUT2D eigenvalue weighted by molar-refractivity contribution is 7.99. The number of carbonyl (C=O) groups is 1. The van der Waals surface area contributed by atoms with Crippen LogP contribution >= 0.6 is 11.8 Å². The maximum Gasteiger partial charge on any atom is 0.230 e. The number of morpholine rings is 1. The van der Waals surface area contributed by atoms with Crippen LogP contribution in [0.5, 0.6) is 0 Å². The molecule has 27 heavy (non-hydrogen) atoms. The van der Waals surface area contributed by atoms with Gasteiger partial charge < -0.3 is 10.1 Å². The van der Waals surface area contributed by atoms with Crippen LogP contribution in [-0.4, -0.2) is 75.7 Å². The van der Waals surface area contributed by atoms with E-state index in [-0.39, 0.29) is 5.91 Å². The molecule has 0 spiro atoms. The van der Waals surface area contributed by atoms with E-state index in [0.29, 0.717) is 24.0 Å². The molecule has 1 aliphatic rings. The first-order chi connectivity index (χ1) is 13.3. The Balaban J connectivity index is 1.51. The van der Waals surface area contributed by atoms with Crippen LogP contribution in [0, 0.1) is 0 Å². The van der Waals surface area contributed by atoms with Gasteiger partial charge in [0.2, 0.25) is 5.91 Å². The summed E-state index contributed by atoms with van der Waals surface area (Å²) in [7, 11) is 0. The van der Waals surface area contributed by atoms with Gasteiger partial charge in [-0.25, -0.2) is 0 Å². The smallest absolute Gasteiger partial charge is 0.230 e. The lowest BCUT2D eigenvalue weighted by atomic mass is 10.2. The molecule has 1 N–H and O–H groups in total. The lowest BCUT2D eigenvalue weighted by Gasteiger charge is -2.26. The van der Waals surface area contributed by atoms with Crippen LogP contribution < -0.4 is 5.32 Å². The Labute approximate surface area is 163 Å². The highest BCUT2D eigenvalue weighted by Crippen LogP contribution is 2.23. The standard InChI is InChI=1S/C18H24N6O2S/c1-2-8-24-17(15-3-5-19-6-4-15)21-22-18(24)27-14-16(25)20-7-9-23-10-12-26-13-11-23/h2-6H,1,7-14H2,(H,20,25). The SMILES string of the molecule is C=CCn1c(SCC(=O)NCCN2CCOCC2)nnc1-c1ccncc1. The number of ether oxygens (including phenoxy) is 1. The molecule has 2 aromatic heterocycles. The van der Waals surface area contributed by atoms with Gasteiger partial charge in [0, 0.05) is 50.7 Å². The quantitative estimate of drug-likeness (QED) is 0.508. The largest absolute Gasteiger partial charge is 0.379 e. The molecule has 0 aromatic carbocycles. The number of allylic oxidation sites excluding steroid dienone is 1. The van der Waals surface area contributed by atoms with Crippen molar-refractivity contribution in [3.8, 4) is 11.4 Å². The highest BCUT2D eigenvalue weighted by atomic mass is 32.2. The molecule has 0 atom stereocenters. The van der Waals surface area contributed by atoms with Gasteiger partial charge in [-0.15, -0.1) is 16.8 Å². The molecule has 0 radical (unpaired) electrons. The van der Waals surface area contributed by atoms with Gasteiger partial charge in [0.15, 0.2) is 11.0 Å². The molecule has 1 aliphatic heterocycles. The number of hydrogen-bond donors (Lipinski definition) is 1. The number of nitrogens with zero attached hydrogens (tertiary/aromatic N) is 5. The summed E-state index contributed by atoms with van der Waals surface area (Å²) in [5.74, 6) is 1.04. The van der Waals surface area contributed by atoms with Gasteiger partial charge in [-0.3, -0.25) is 19.2 Å². The molecular weight excluding hydrogens is 364 g/mol. The van der Waals surface area contributed by atoms with Crippen molar-refractivity contribution >= 4 is 17.7 Å². The number of carbonyl (C=O) groups excluding carboxylic acids is 1. The zero-order valence-electron chi connectivity index (χ0n) is 15.2. The van der Waals surface area contributed by atoms with Crippen molar-refractivity contribution in [3.05, 3.63) is 37.2 Å². The summed E-state index contributed by atoms with van der Waals surface area (Å²) in [6, 6.07) is 3.77. The Kier molecular flexibility index (Phi) is 7.37. The van der Waals surface area contributed by atoms with E-state index in [4.69, 9.17) is 4.74 Å². The average molecular weight is 388 g/mol. The summed E-state index contributed by atoms with van der Waals surface area (Å²) >= 11 is 1.38. The molecule has 1 fully saturated rings. The number of amides is 1. The van der Waals surface area contributed by atoms with E-state index in [9.17, 15) is 4.79 Å². The van der Waals surface area contributed by atoms with E-state index in [1.807, 2.05) is 16.7 Å². The van der Waals surface area contributed by atoms with Crippen LogP contribution in [0.2, 0.25) is 0 Å². The van der Waals surface area contributed by atoms with E-state index in [1.165, 1.54) is 11.8 Å². The molecule has 2 aromatic rings. The second-order valence-electron chi connectivity index (χ2n) is 6.03.